The summed E-state index contributed by atoms with van der Waals surface area (Å²) in [6.07, 6.45) is -3.37. The van der Waals surface area contributed by atoms with Crippen molar-refractivity contribution in [2.24, 2.45) is 0 Å². The molecule has 0 aromatic heterocycles. The van der Waals surface area contributed by atoms with Crippen LogP contribution in [0.15, 0.2) is 24.3 Å². The molecule has 1 aromatic rings. The number of halogens is 4. The van der Waals surface area contributed by atoms with Gasteiger partial charge in [-0.05, 0) is 32.1 Å². The number of alkyl halides is 3. The van der Waals surface area contributed by atoms with Crippen molar-refractivity contribution < 1.29 is 22.7 Å². The number of para-hydroxylation sites is 1. The molecule has 0 saturated carbocycles. The van der Waals surface area contributed by atoms with E-state index >= 15 is 0 Å². The molecule has 0 aliphatic heterocycles. The van der Waals surface area contributed by atoms with Crippen molar-refractivity contribution in [2.45, 2.75) is 19.0 Å². The third-order valence-corrected chi connectivity index (χ3v) is 2.70. The van der Waals surface area contributed by atoms with Crippen LogP contribution in [-0.2, 0) is 11.0 Å². The number of nitrogens with one attached hydrogen (secondary N) is 2. The molecule has 1 rings (SSSR count). The highest BCUT2D eigenvalue weighted by molar-refractivity contribution is 5.85. The minimum atomic E-state index is -4.45. The van der Waals surface area contributed by atoms with Gasteiger partial charge in [-0.1, -0.05) is 12.1 Å². The van der Waals surface area contributed by atoms with Gasteiger partial charge in [-0.15, -0.1) is 12.4 Å². The molecule has 4 nitrogen and oxygen atoms in total. The summed E-state index contributed by atoms with van der Waals surface area (Å²) < 4.78 is 43.2. The Labute approximate surface area is 133 Å². The Morgan fingerprint density at radius 3 is 2.55 bits per heavy atom. The molecule has 0 saturated heterocycles. The molecular weight excluding hydrogens is 321 g/mol. The molecule has 0 radical (unpaired) electrons. The van der Waals surface area contributed by atoms with E-state index in [2.05, 4.69) is 10.6 Å². The van der Waals surface area contributed by atoms with Crippen LogP contribution in [0.25, 0.3) is 0 Å². The molecule has 0 fully saturated rings. The molecule has 0 aliphatic carbocycles. The van der Waals surface area contributed by atoms with Crippen LogP contribution in [0.5, 0.6) is 5.75 Å². The Kier molecular flexibility index (Phi) is 9.60. The minimum absolute atomic E-state index is 0. The number of carbonyl (C=O) groups excluding carboxylic acids is 1. The van der Waals surface area contributed by atoms with Crippen molar-refractivity contribution in [1.29, 1.82) is 0 Å². The van der Waals surface area contributed by atoms with E-state index in [1.54, 1.807) is 7.05 Å². The molecule has 1 amide bonds. The Bertz CT molecular complexity index is 456. The Hall–Kier alpha value is -1.47. The molecule has 8 heteroatoms. The van der Waals surface area contributed by atoms with Gasteiger partial charge in [-0.2, -0.15) is 13.2 Å². The van der Waals surface area contributed by atoms with E-state index in [-0.39, 0.29) is 37.2 Å². The number of rotatable bonds is 8. The van der Waals surface area contributed by atoms with Gasteiger partial charge in [0, 0.05) is 6.42 Å². The second-order valence-corrected chi connectivity index (χ2v) is 4.40. The van der Waals surface area contributed by atoms with Gasteiger partial charge < -0.3 is 15.4 Å². The van der Waals surface area contributed by atoms with E-state index in [9.17, 15) is 18.0 Å². The minimum Gasteiger partial charge on any atom is -0.491 e. The van der Waals surface area contributed by atoms with Gasteiger partial charge in [0.1, 0.15) is 12.4 Å². The van der Waals surface area contributed by atoms with Gasteiger partial charge in [-0.25, -0.2) is 0 Å². The highest BCUT2D eigenvalue weighted by atomic mass is 35.5. The SMILES string of the molecule is CNCCCC(=O)NCCOc1ccccc1C(F)(F)F.Cl. The molecule has 0 aliphatic rings. The van der Waals surface area contributed by atoms with Crippen molar-refractivity contribution in [3.8, 4) is 5.75 Å². The number of carbonyl (C=O) groups is 1. The Morgan fingerprint density at radius 1 is 1.23 bits per heavy atom. The van der Waals surface area contributed by atoms with Crippen molar-refractivity contribution >= 4 is 18.3 Å². The van der Waals surface area contributed by atoms with E-state index in [1.807, 2.05) is 0 Å². The summed E-state index contributed by atoms with van der Waals surface area (Å²) in [6, 6.07) is 5.00. The van der Waals surface area contributed by atoms with Crippen LogP contribution in [-0.4, -0.2) is 32.7 Å². The lowest BCUT2D eigenvalue weighted by atomic mass is 10.2. The van der Waals surface area contributed by atoms with Gasteiger partial charge in [0.2, 0.25) is 5.91 Å². The molecule has 0 atom stereocenters. The van der Waals surface area contributed by atoms with Gasteiger partial charge in [0.25, 0.3) is 0 Å². The van der Waals surface area contributed by atoms with E-state index in [4.69, 9.17) is 4.74 Å². The maximum atomic E-state index is 12.7. The maximum absolute atomic E-state index is 12.7. The summed E-state index contributed by atoms with van der Waals surface area (Å²) in [5.41, 5.74) is -0.814. The number of ether oxygens (including phenoxy) is 1. The molecule has 0 heterocycles. The van der Waals surface area contributed by atoms with Crippen molar-refractivity contribution in [1.82, 2.24) is 10.6 Å². The van der Waals surface area contributed by atoms with Crippen LogP contribution in [0, 0.1) is 0 Å². The smallest absolute Gasteiger partial charge is 0.419 e. The van der Waals surface area contributed by atoms with Gasteiger partial charge in [0.05, 0.1) is 12.1 Å². The first-order valence-electron chi connectivity index (χ1n) is 6.65. The lowest BCUT2D eigenvalue weighted by Crippen LogP contribution is -2.28. The first kappa shape index (κ1) is 20.5. The first-order valence-corrected chi connectivity index (χ1v) is 6.65. The van der Waals surface area contributed by atoms with Crippen LogP contribution in [0.3, 0.4) is 0 Å². The molecule has 1 aromatic carbocycles. The van der Waals surface area contributed by atoms with Gasteiger partial charge in [-0.3, -0.25) is 4.79 Å². The standard InChI is InChI=1S/C14H19F3N2O2.ClH/c1-18-8-4-7-13(20)19-9-10-21-12-6-3-2-5-11(12)14(15,16)17;/h2-3,5-6,18H,4,7-10H2,1H3,(H,19,20);1H. The van der Waals surface area contributed by atoms with Crippen LogP contribution in [0.2, 0.25) is 0 Å². The number of hydrogen-bond acceptors (Lipinski definition) is 3. The Morgan fingerprint density at radius 2 is 1.91 bits per heavy atom. The third kappa shape index (κ3) is 7.51. The topological polar surface area (TPSA) is 50.4 Å². The lowest BCUT2D eigenvalue weighted by Gasteiger charge is -2.13. The normalized spacial score (nSPS) is 10.7. The number of hydrogen-bond donors (Lipinski definition) is 2. The van der Waals surface area contributed by atoms with Gasteiger partial charge >= 0.3 is 6.18 Å². The van der Waals surface area contributed by atoms with Crippen molar-refractivity contribution in [2.75, 3.05) is 26.7 Å². The molecule has 0 spiro atoms. The predicted octanol–water partition coefficient (Wildman–Crippen LogP) is 2.62. The van der Waals surface area contributed by atoms with Crippen LogP contribution in [0.1, 0.15) is 18.4 Å². The van der Waals surface area contributed by atoms with Gasteiger partial charge in [0.15, 0.2) is 0 Å². The second-order valence-electron chi connectivity index (χ2n) is 4.40. The molecule has 0 unspecified atom stereocenters. The number of amides is 1. The monoisotopic (exact) mass is 340 g/mol. The summed E-state index contributed by atoms with van der Waals surface area (Å²) in [6.45, 7) is 0.901. The highest BCUT2D eigenvalue weighted by Gasteiger charge is 2.33. The fourth-order valence-electron chi connectivity index (χ4n) is 1.69. The first-order chi connectivity index (χ1) is 9.95. The van der Waals surface area contributed by atoms with Crippen LogP contribution < -0.4 is 15.4 Å². The summed E-state index contributed by atoms with van der Waals surface area (Å²) in [5, 5.41) is 5.52. The highest BCUT2D eigenvalue weighted by Crippen LogP contribution is 2.35. The maximum Gasteiger partial charge on any atom is 0.419 e. The zero-order valence-electron chi connectivity index (χ0n) is 12.2. The predicted molar refractivity (Wildman–Crippen MR) is 80.4 cm³/mol. The average Bonchev–Trinajstić information content (AvgIpc) is 2.43. The number of benzene rings is 1. The molecule has 22 heavy (non-hydrogen) atoms. The van der Waals surface area contributed by atoms with Crippen molar-refractivity contribution in [3.05, 3.63) is 29.8 Å². The summed E-state index contributed by atoms with van der Waals surface area (Å²) >= 11 is 0. The lowest BCUT2D eigenvalue weighted by molar-refractivity contribution is -0.139. The summed E-state index contributed by atoms with van der Waals surface area (Å²) in [7, 11) is 1.80. The van der Waals surface area contributed by atoms with E-state index in [1.165, 1.54) is 18.2 Å². The second kappa shape index (κ2) is 10.3. The zero-order chi connectivity index (χ0) is 15.7. The third-order valence-electron chi connectivity index (χ3n) is 2.70. The van der Waals surface area contributed by atoms with Crippen LogP contribution >= 0.6 is 12.4 Å². The Balaban J connectivity index is 0.00000441. The molecule has 0 bridgehead atoms. The van der Waals surface area contributed by atoms with E-state index in [0.717, 1.165) is 12.6 Å². The summed E-state index contributed by atoms with van der Waals surface area (Å²) in [4.78, 5) is 11.4. The molecule has 2 N–H and O–H groups in total. The summed E-state index contributed by atoms with van der Waals surface area (Å²) in [5.74, 6) is -0.368. The average molecular weight is 341 g/mol. The van der Waals surface area contributed by atoms with E-state index < -0.39 is 11.7 Å². The fraction of sp³-hybridized carbons (Fsp3) is 0.500. The molecule has 126 valence electrons. The largest absolute Gasteiger partial charge is 0.491 e. The van der Waals surface area contributed by atoms with Crippen molar-refractivity contribution in [3.63, 3.8) is 0 Å². The van der Waals surface area contributed by atoms with Crippen LogP contribution in [0.4, 0.5) is 13.2 Å². The van der Waals surface area contributed by atoms with E-state index in [0.29, 0.717) is 12.8 Å². The molecular formula is C14H20ClF3N2O2. The zero-order valence-corrected chi connectivity index (χ0v) is 13.0. The quantitative estimate of drug-likeness (QED) is 0.715. The fourth-order valence-corrected chi connectivity index (χ4v) is 1.69.